The first-order valence-corrected chi connectivity index (χ1v) is 6.54. The van der Waals surface area contributed by atoms with Crippen LogP contribution >= 0.6 is 0 Å². The standard InChI is InChI=1S/C14H18N2O2/c1-9-3-2-4-13(15-9)14(18)16-7-11-5-10(11)6-12(16)8-17/h2-4,10-12,17H,5-8H2,1H3/t10-,11+,12+/m1/s1. The lowest BCUT2D eigenvalue weighted by Gasteiger charge is -2.34. The summed E-state index contributed by atoms with van der Waals surface area (Å²) in [5.74, 6) is 1.35. The average molecular weight is 246 g/mol. The molecule has 0 radical (unpaired) electrons. The molecule has 2 aliphatic rings. The molecule has 1 amide bonds. The Morgan fingerprint density at radius 3 is 3.00 bits per heavy atom. The number of aromatic nitrogens is 1. The molecule has 3 atom stereocenters. The summed E-state index contributed by atoms with van der Waals surface area (Å²) >= 11 is 0. The summed E-state index contributed by atoms with van der Waals surface area (Å²) in [6.45, 7) is 2.72. The number of carbonyl (C=O) groups is 1. The highest BCUT2D eigenvalue weighted by Crippen LogP contribution is 2.47. The molecule has 2 heterocycles. The first-order chi connectivity index (χ1) is 8.69. The number of rotatable bonds is 2. The molecule has 1 aliphatic carbocycles. The van der Waals surface area contributed by atoms with E-state index in [1.165, 1.54) is 6.42 Å². The van der Waals surface area contributed by atoms with Crippen molar-refractivity contribution in [1.82, 2.24) is 9.88 Å². The van der Waals surface area contributed by atoms with Gasteiger partial charge in [-0.05, 0) is 43.7 Å². The van der Waals surface area contributed by atoms with Crippen LogP contribution in [-0.4, -0.2) is 40.1 Å². The van der Waals surface area contributed by atoms with Crippen molar-refractivity contribution in [3.05, 3.63) is 29.6 Å². The number of piperidine rings is 1. The summed E-state index contributed by atoms with van der Waals surface area (Å²) in [5.41, 5.74) is 1.34. The van der Waals surface area contributed by atoms with Gasteiger partial charge in [0.25, 0.3) is 5.91 Å². The molecule has 0 aromatic carbocycles. The smallest absolute Gasteiger partial charge is 0.272 e. The van der Waals surface area contributed by atoms with Gasteiger partial charge >= 0.3 is 0 Å². The van der Waals surface area contributed by atoms with Crippen molar-refractivity contribution in [2.45, 2.75) is 25.8 Å². The van der Waals surface area contributed by atoms with Crippen LogP contribution in [0.5, 0.6) is 0 Å². The zero-order valence-corrected chi connectivity index (χ0v) is 10.5. The third-order valence-electron chi connectivity index (χ3n) is 4.09. The number of fused-ring (bicyclic) bond motifs is 1. The molecule has 0 bridgehead atoms. The van der Waals surface area contributed by atoms with Crippen LogP contribution in [-0.2, 0) is 0 Å². The van der Waals surface area contributed by atoms with Crippen LogP contribution in [0, 0.1) is 18.8 Å². The number of hydrogen-bond donors (Lipinski definition) is 1. The minimum Gasteiger partial charge on any atom is -0.394 e. The molecule has 1 aliphatic heterocycles. The van der Waals surface area contributed by atoms with E-state index in [2.05, 4.69) is 4.98 Å². The number of aryl methyl sites for hydroxylation is 1. The van der Waals surface area contributed by atoms with Crippen LogP contribution in [0.2, 0.25) is 0 Å². The van der Waals surface area contributed by atoms with Crippen LogP contribution in [0.3, 0.4) is 0 Å². The predicted octanol–water partition coefficient (Wildman–Crippen LogP) is 1.23. The second-order valence-corrected chi connectivity index (χ2v) is 5.45. The third-order valence-corrected chi connectivity index (χ3v) is 4.09. The Bertz CT molecular complexity index is 475. The predicted molar refractivity (Wildman–Crippen MR) is 67.1 cm³/mol. The van der Waals surface area contributed by atoms with Crippen molar-refractivity contribution < 1.29 is 9.90 Å². The summed E-state index contributed by atoms with van der Waals surface area (Å²) in [4.78, 5) is 18.5. The lowest BCUT2D eigenvalue weighted by Crippen LogP contribution is -2.46. The van der Waals surface area contributed by atoms with Gasteiger partial charge < -0.3 is 10.0 Å². The molecular formula is C14H18N2O2. The van der Waals surface area contributed by atoms with Gasteiger partial charge in [-0.3, -0.25) is 4.79 Å². The fraction of sp³-hybridized carbons (Fsp3) is 0.571. The first-order valence-electron chi connectivity index (χ1n) is 6.54. The zero-order valence-electron chi connectivity index (χ0n) is 10.5. The van der Waals surface area contributed by atoms with E-state index in [1.54, 1.807) is 6.07 Å². The highest BCUT2D eigenvalue weighted by molar-refractivity contribution is 5.92. The molecule has 18 heavy (non-hydrogen) atoms. The van der Waals surface area contributed by atoms with Crippen molar-refractivity contribution in [3.8, 4) is 0 Å². The van der Waals surface area contributed by atoms with Gasteiger partial charge in [0.15, 0.2) is 0 Å². The lowest BCUT2D eigenvalue weighted by molar-refractivity contribution is 0.0480. The number of likely N-dealkylation sites (tertiary alicyclic amines) is 1. The van der Waals surface area contributed by atoms with Gasteiger partial charge in [0.1, 0.15) is 5.69 Å². The van der Waals surface area contributed by atoms with Crippen molar-refractivity contribution in [1.29, 1.82) is 0 Å². The van der Waals surface area contributed by atoms with Gasteiger partial charge in [-0.15, -0.1) is 0 Å². The lowest BCUT2D eigenvalue weighted by atomic mass is 10.0. The molecule has 0 unspecified atom stereocenters. The second-order valence-electron chi connectivity index (χ2n) is 5.45. The molecule has 4 heteroatoms. The molecule has 1 saturated heterocycles. The molecule has 1 aromatic rings. The van der Waals surface area contributed by atoms with E-state index in [0.717, 1.165) is 24.6 Å². The molecule has 3 rings (SSSR count). The normalized spacial score (nSPS) is 29.9. The molecule has 1 N–H and O–H groups in total. The summed E-state index contributed by atoms with van der Waals surface area (Å²) in [6.07, 6.45) is 2.15. The van der Waals surface area contributed by atoms with Crippen molar-refractivity contribution >= 4 is 5.91 Å². The highest BCUT2D eigenvalue weighted by Gasteiger charge is 2.47. The monoisotopic (exact) mass is 246 g/mol. The minimum absolute atomic E-state index is 0.0245. The summed E-state index contributed by atoms with van der Waals surface area (Å²) < 4.78 is 0. The topological polar surface area (TPSA) is 53.4 Å². The van der Waals surface area contributed by atoms with E-state index in [-0.39, 0.29) is 18.6 Å². The Balaban J connectivity index is 1.82. The maximum atomic E-state index is 12.4. The fourth-order valence-corrected chi connectivity index (χ4v) is 2.93. The number of pyridine rings is 1. The number of aliphatic hydroxyl groups is 1. The van der Waals surface area contributed by atoms with Crippen molar-refractivity contribution in [2.75, 3.05) is 13.2 Å². The zero-order chi connectivity index (χ0) is 12.7. The number of carbonyl (C=O) groups excluding carboxylic acids is 1. The van der Waals surface area contributed by atoms with Crippen molar-refractivity contribution in [3.63, 3.8) is 0 Å². The number of aliphatic hydroxyl groups excluding tert-OH is 1. The van der Waals surface area contributed by atoms with Gasteiger partial charge in [0, 0.05) is 12.2 Å². The van der Waals surface area contributed by atoms with E-state index < -0.39 is 0 Å². The molecule has 96 valence electrons. The Morgan fingerprint density at radius 2 is 2.28 bits per heavy atom. The van der Waals surface area contributed by atoms with Crippen LogP contribution in [0.4, 0.5) is 0 Å². The van der Waals surface area contributed by atoms with Crippen LogP contribution in [0.1, 0.15) is 29.0 Å². The Hall–Kier alpha value is -1.42. The minimum atomic E-state index is -0.0388. The molecular weight excluding hydrogens is 228 g/mol. The highest BCUT2D eigenvalue weighted by atomic mass is 16.3. The van der Waals surface area contributed by atoms with E-state index in [4.69, 9.17) is 0 Å². The largest absolute Gasteiger partial charge is 0.394 e. The quantitative estimate of drug-likeness (QED) is 0.854. The SMILES string of the molecule is Cc1cccc(C(=O)N2C[C@@H]3C[C@@H]3C[C@H]2CO)n1. The summed E-state index contributed by atoms with van der Waals surface area (Å²) in [5, 5.41) is 9.43. The van der Waals surface area contributed by atoms with Crippen LogP contribution < -0.4 is 0 Å². The number of nitrogens with zero attached hydrogens (tertiary/aromatic N) is 2. The third kappa shape index (κ3) is 2.01. The Labute approximate surface area is 107 Å². The number of amides is 1. The van der Waals surface area contributed by atoms with Gasteiger partial charge in [0.05, 0.1) is 12.6 Å². The Morgan fingerprint density at radius 1 is 1.44 bits per heavy atom. The fourth-order valence-electron chi connectivity index (χ4n) is 2.93. The first kappa shape index (κ1) is 11.7. The second kappa shape index (κ2) is 4.35. The summed E-state index contributed by atoms with van der Waals surface area (Å²) in [6, 6.07) is 5.47. The Kier molecular flexibility index (Phi) is 2.82. The molecule has 4 nitrogen and oxygen atoms in total. The van der Waals surface area contributed by atoms with E-state index in [0.29, 0.717) is 11.6 Å². The molecule has 1 saturated carbocycles. The molecule has 1 aromatic heterocycles. The van der Waals surface area contributed by atoms with E-state index >= 15 is 0 Å². The van der Waals surface area contributed by atoms with Gasteiger partial charge in [0.2, 0.25) is 0 Å². The maximum Gasteiger partial charge on any atom is 0.272 e. The average Bonchev–Trinajstić information content (AvgIpc) is 3.14. The van der Waals surface area contributed by atoms with E-state index in [9.17, 15) is 9.90 Å². The summed E-state index contributed by atoms with van der Waals surface area (Å²) in [7, 11) is 0. The van der Waals surface area contributed by atoms with Gasteiger partial charge in [-0.25, -0.2) is 4.98 Å². The molecule has 0 spiro atoms. The van der Waals surface area contributed by atoms with Crippen molar-refractivity contribution in [2.24, 2.45) is 11.8 Å². The van der Waals surface area contributed by atoms with Crippen LogP contribution in [0.15, 0.2) is 18.2 Å². The van der Waals surface area contributed by atoms with Gasteiger partial charge in [-0.1, -0.05) is 6.07 Å². The van der Waals surface area contributed by atoms with Gasteiger partial charge in [-0.2, -0.15) is 0 Å². The van der Waals surface area contributed by atoms with E-state index in [1.807, 2.05) is 24.0 Å². The number of hydrogen-bond acceptors (Lipinski definition) is 3. The van der Waals surface area contributed by atoms with Crippen LogP contribution in [0.25, 0.3) is 0 Å². The molecule has 2 fully saturated rings. The maximum absolute atomic E-state index is 12.4.